The van der Waals surface area contributed by atoms with Gasteiger partial charge in [0.05, 0.1) is 0 Å². The Hall–Kier alpha value is -5.02. The van der Waals surface area contributed by atoms with Gasteiger partial charge in [-0.25, -0.2) is 4.79 Å². The van der Waals surface area contributed by atoms with E-state index in [0.29, 0.717) is 0 Å². The minimum Gasteiger partial charge on any atom is -0.477 e. The highest BCUT2D eigenvalue weighted by Gasteiger charge is 2.25. The summed E-state index contributed by atoms with van der Waals surface area (Å²) in [5, 5.41) is 18.4. The predicted molar refractivity (Wildman–Crippen MR) is 173 cm³/mol. The van der Waals surface area contributed by atoms with Crippen LogP contribution in [0.5, 0.6) is 0 Å². The van der Waals surface area contributed by atoms with Crippen LogP contribution in [0.25, 0.3) is 6.08 Å². The van der Waals surface area contributed by atoms with Crippen LogP contribution in [0.3, 0.4) is 0 Å². The van der Waals surface area contributed by atoms with Crippen LogP contribution in [0, 0.1) is 11.3 Å². The van der Waals surface area contributed by atoms with Crippen LogP contribution in [0.4, 0.5) is 34.1 Å². The zero-order valence-electron chi connectivity index (χ0n) is 24.2. The smallest absolute Gasteiger partial charge is 0.346 e. The third-order valence-electron chi connectivity index (χ3n) is 8.94. The summed E-state index contributed by atoms with van der Waals surface area (Å²) in [7, 11) is 0. The first-order chi connectivity index (χ1) is 21.1. The minimum absolute atomic E-state index is 0.251. The molecule has 0 bridgehead atoms. The van der Waals surface area contributed by atoms with E-state index in [-0.39, 0.29) is 5.57 Å². The Morgan fingerprint density at radius 1 is 0.651 bits per heavy atom. The van der Waals surface area contributed by atoms with Gasteiger partial charge in [-0.3, -0.25) is 0 Å². The molecule has 0 amide bonds. The van der Waals surface area contributed by atoms with Gasteiger partial charge in [0.25, 0.3) is 0 Å². The van der Waals surface area contributed by atoms with Crippen LogP contribution in [0.15, 0.2) is 90.5 Å². The lowest BCUT2D eigenvalue weighted by Gasteiger charge is -2.36. The third kappa shape index (κ3) is 5.12. The number of carbonyl (C=O) groups is 1. The molecule has 0 fully saturated rings. The standard InChI is InChI=1S/C37H34N4O2/c38-25-30(37(42)43)22-26-12-15-34-27(21-26)7-4-19-40(34)32-14-17-36-29(24-32)9-6-20-41(36)33-13-16-35-28(23-33)8-5-18-39(35)31-10-2-1-3-11-31/h1-3,10-17,21-24H,4-9,18-20H2,(H,42,43). The average molecular weight is 567 g/mol. The van der Waals surface area contributed by atoms with Crippen molar-refractivity contribution in [3.63, 3.8) is 0 Å². The maximum absolute atomic E-state index is 11.3. The van der Waals surface area contributed by atoms with Gasteiger partial charge in [0.1, 0.15) is 11.6 Å². The van der Waals surface area contributed by atoms with Crippen molar-refractivity contribution in [3.8, 4) is 6.07 Å². The molecule has 3 heterocycles. The molecule has 0 aliphatic carbocycles. The number of aliphatic carboxylic acids is 1. The second-order valence-electron chi connectivity index (χ2n) is 11.6. The second-order valence-corrected chi connectivity index (χ2v) is 11.6. The molecule has 0 unspecified atom stereocenters. The Bertz CT molecular complexity index is 1770. The molecular formula is C37H34N4O2. The minimum atomic E-state index is -1.20. The summed E-state index contributed by atoms with van der Waals surface area (Å²) >= 11 is 0. The summed E-state index contributed by atoms with van der Waals surface area (Å²) in [4.78, 5) is 18.6. The van der Waals surface area contributed by atoms with E-state index in [4.69, 9.17) is 5.26 Å². The van der Waals surface area contributed by atoms with Crippen molar-refractivity contribution in [1.29, 1.82) is 5.26 Å². The Balaban J connectivity index is 1.17. The van der Waals surface area contributed by atoms with E-state index in [0.717, 1.165) is 69.4 Å². The SMILES string of the molecule is N#CC(=Cc1ccc2c(c1)CCCN2c1ccc2c(c1)CCCN2c1ccc2c(c1)CCCN2c1ccccc1)C(=O)O. The summed E-state index contributed by atoms with van der Waals surface area (Å²) in [5.41, 5.74) is 12.0. The van der Waals surface area contributed by atoms with Crippen LogP contribution >= 0.6 is 0 Å². The molecule has 4 aromatic carbocycles. The number of carboxylic acid groups (broad SMARTS) is 1. The van der Waals surface area contributed by atoms with Gasteiger partial charge in [-0.2, -0.15) is 5.26 Å². The molecule has 7 rings (SSSR count). The van der Waals surface area contributed by atoms with E-state index in [2.05, 4.69) is 87.5 Å². The molecule has 3 aliphatic heterocycles. The number of nitriles is 1. The Kier molecular flexibility index (Phi) is 7.08. The normalized spacial score (nSPS) is 16.2. The van der Waals surface area contributed by atoms with Gasteiger partial charge in [0, 0.05) is 53.8 Å². The van der Waals surface area contributed by atoms with Crippen LogP contribution < -0.4 is 14.7 Å². The van der Waals surface area contributed by atoms with E-state index < -0.39 is 5.97 Å². The Morgan fingerprint density at radius 3 is 1.65 bits per heavy atom. The molecule has 4 aromatic rings. The number of anilines is 6. The molecule has 0 spiro atoms. The summed E-state index contributed by atoms with van der Waals surface area (Å²) in [5.74, 6) is -1.20. The number of hydrogen-bond donors (Lipinski definition) is 1. The van der Waals surface area contributed by atoms with Gasteiger partial charge in [-0.15, -0.1) is 0 Å². The number of para-hydroxylation sites is 1. The van der Waals surface area contributed by atoms with E-state index in [1.807, 2.05) is 12.1 Å². The molecule has 43 heavy (non-hydrogen) atoms. The highest BCUT2D eigenvalue weighted by molar-refractivity contribution is 5.96. The van der Waals surface area contributed by atoms with Crippen LogP contribution in [-0.4, -0.2) is 30.7 Å². The van der Waals surface area contributed by atoms with Crippen molar-refractivity contribution < 1.29 is 9.90 Å². The molecule has 0 saturated carbocycles. The Morgan fingerprint density at radius 2 is 1.14 bits per heavy atom. The number of aryl methyl sites for hydroxylation is 3. The first-order valence-corrected chi connectivity index (χ1v) is 15.2. The van der Waals surface area contributed by atoms with Crippen molar-refractivity contribution in [2.24, 2.45) is 0 Å². The second kappa shape index (κ2) is 11.3. The summed E-state index contributed by atoms with van der Waals surface area (Å²) < 4.78 is 0. The zero-order valence-corrected chi connectivity index (χ0v) is 24.2. The van der Waals surface area contributed by atoms with Crippen molar-refractivity contribution >= 4 is 46.2 Å². The van der Waals surface area contributed by atoms with Gasteiger partial charge < -0.3 is 19.8 Å². The van der Waals surface area contributed by atoms with E-state index in [1.54, 1.807) is 6.07 Å². The number of fused-ring (bicyclic) bond motifs is 3. The fourth-order valence-electron chi connectivity index (χ4n) is 6.93. The predicted octanol–water partition coefficient (Wildman–Crippen LogP) is 7.93. The van der Waals surface area contributed by atoms with E-state index >= 15 is 0 Å². The van der Waals surface area contributed by atoms with Crippen LogP contribution in [0.1, 0.15) is 41.5 Å². The van der Waals surface area contributed by atoms with Gasteiger partial charge in [0.2, 0.25) is 0 Å². The van der Waals surface area contributed by atoms with Crippen LogP contribution in [-0.2, 0) is 24.1 Å². The van der Waals surface area contributed by atoms with Gasteiger partial charge in [-0.05, 0) is 128 Å². The molecule has 0 radical (unpaired) electrons. The highest BCUT2D eigenvalue weighted by Crippen LogP contribution is 2.42. The van der Waals surface area contributed by atoms with Gasteiger partial charge in [0.15, 0.2) is 0 Å². The first-order valence-electron chi connectivity index (χ1n) is 15.2. The molecule has 0 aromatic heterocycles. The lowest BCUT2D eigenvalue weighted by Crippen LogP contribution is -2.28. The number of carboxylic acids is 1. The lowest BCUT2D eigenvalue weighted by molar-refractivity contribution is -0.132. The molecule has 1 N–H and O–H groups in total. The molecular weight excluding hydrogens is 532 g/mol. The van der Waals surface area contributed by atoms with E-state index in [9.17, 15) is 9.90 Å². The van der Waals surface area contributed by atoms with Gasteiger partial charge >= 0.3 is 5.97 Å². The topological polar surface area (TPSA) is 70.8 Å². The van der Waals surface area contributed by atoms with Crippen molar-refractivity contribution in [2.45, 2.75) is 38.5 Å². The summed E-state index contributed by atoms with van der Waals surface area (Å²) in [6.07, 6.45) is 7.83. The molecule has 6 nitrogen and oxygen atoms in total. The van der Waals surface area contributed by atoms with Crippen molar-refractivity contribution in [2.75, 3.05) is 34.3 Å². The van der Waals surface area contributed by atoms with Crippen molar-refractivity contribution in [1.82, 2.24) is 0 Å². The van der Waals surface area contributed by atoms with Crippen molar-refractivity contribution in [3.05, 3.63) is 113 Å². The molecule has 0 atom stereocenters. The largest absolute Gasteiger partial charge is 0.477 e. The summed E-state index contributed by atoms with van der Waals surface area (Å²) in [6.45, 7) is 3.00. The number of rotatable bonds is 5. The number of benzene rings is 4. The maximum atomic E-state index is 11.3. The number of hydrogen-bond acceptors (Lipinski definition) is 5. The third-order valence-corrected chi connectivity index (χ3v) is 8.94. The summed E-state index contributed by atoms with van der Waals surface area (Å²) in [6, 6.07) is 32.4. The van der Waals surface area contributed by atoms with Crippen LogP contribution in [0.2, 0.25) is 0 Å². The number of nitrogens with zero attached hydrogens (tertiary/aromatic N) is 4. The first kappa shape index (κ1) is 26.9. The lowest BCUT2D eigenvalue weighted by atomic mass is 9.95. The molecule has 3 aliphatic rings. The zero-order chi connectivity index (χ0) is 29.3. The van der Waals surface area contributed by atoms with Gasteiger partial charge in [-0.1, -0.05) is 24.3 Å². The molecule has 0 saturated heterocycles. The average Bonchev–Trinajstić information content (AvgIpc) is 3.06. The fraction of sp³-hybridized carbons (Fsp3) is 0.243. The van der Waals surface area contributed by atoms with E-state index in [1.165, 1.54) is 51.2 Å². The maximum Gasteiger partial charge on any atom is 0.346 e. The quantitative estimate of drug-likeness (QED) is 0.195. The highest BCUT2D eigenvalue weighted by atomic mass is 16.4. The molecule has 6 heteroatoms. The molecule has 214 valence electrons. The Labute approximate surface area is 252 Å². The fourth-order valence-corrected chi connectivity index (χ4v) is 6.93. The monoisotopic (exact) mass is 566 g/mol.